The van der Waals surface area contributed by atoms with Gasteiger partial charge in [-0.1, -0.05) is 0 Å². The monoisotopic (exact) mass is 364 g/mol. The van der Waals surface area contributed by atoms with Crippen molar-refractivity contribution in [2.24, 2.45) is 0 Å². The van der Waals surface area contributed by atoms with Crippen LogP contribution in [-0.2, 0) is 4.74 Å². The maximum absolute atomic E-state index is 10.7. The second kappa shape index (κ2) is 6.37. The molecule has 0 aliphatic carbocycles. The highest BCUT2D eigenvalue weighted by Gasteiger charge is 2.15. The van der Waals surface area contributed by atoms with E-state index in [0.717, 1.165) is 24.5 Å². The summed E-state index contributed by atoms with van der Waals surface area (Å²) in [4.78, 5) is 21.3. The summed E-state index contributed by atoms with van der Waals surface area (Å²) in [5, 5.41) is 10.7. The number of nitrogens with zero attached hydrogens (tertiary/aromatic N) is 4. The summed E-state index contributed by atoms with van der Waals surface area (Å²) >= 11 is 3.40. The Labute approximate surface area is 135 Å². The third-order valence-corrected chi connectivity index (χ3v) is 3.76. The van der Waals surface area contributed by atoms with E-state index in [4.69, 9.17) is 4.74 Å². The second-order valence-corrected chi connectivity index (χ2v) is 5.59. The molecule has 0 spiro atoms. The highest BCUT2D eigenvalue weighted by Crippen LogP contribution is 2.24. The minimum atomic E-state index is -0.426. The molecule has 1 aliphatic rings. The predicted molar refractivity (Wildman–Crippen MR) is 84.9 cm³/mol. The van der Waals surface area contributed by atoms with Gasteiger partial charge in [-0.05, 0) is 28.1 Å². The number of morpholine rings is 1. The van der Waals surface area contributed by atoms with Gasteiger partial charge in [-0.2, -0.15) is 0 Å². The number of nitro benzene ring substituents is 1. The first-order valence-electron chi connectivity index (χ1n) is 6.75. The number of benzene rings is 1. The first-order chi connectivity index (χ1) is 10.6. The van der Waals surface area contributed by atoms with Crippen LogP contribution in [0.15, 0.2) is 34.9 Å². The Morgan fingerprint density at radius 3 is 2.50 bits per heavy atom. The van der Waals surface area contributed by atoms with Crippen LogP contribution in [0.3, 0.4) is 0 Å². The second-order valence-electron chi connectivity index (χ2n) is 4.78. The summed E-state index contributed by atoms with van der Waals surface area (Å²) in [6.45, 7) is 2.91. The summed E-state index contributed by atoms with van der Waals surface area (Å²) in [5.74, 6) is 1.35. The fraction of sp³-hybridized carbons (Fsp3) is 0.286. The highest BCUT2D eigenvalue weighted by atomic mass is 79.9. The van der Waals surface area contributed by atoms with Crippen LogP contribution < -0.4 is 4.90 Å². The molecule has 2 aromatic rings. The van der Waals surface area contributed by atoms with E-state index in [-0.39, 0.29) is 5.69 Å². The van der Waals surface area contributed by atoms with Crippen molar-refractivity contribution >= 4 is 27.4 Å². The molecule has 7 nitrogen and oxygen atoms in total. The molecule has 22 heavy (non-hydrogen) atoms. The number of hydrogen-bond acceptors (Lipinski definition) is 6. The molecule has 0 bridgehead atoms. The molecule has 1 aliphatic heterocycles. The maximum Gasteiger partial charge on any atom is 0.269 e. The summed E-state index contributed by atoms with van der Waals surface area (Å²) in [6, 6.07) is 8.08. The van der Waals surface area contributed by atoms with Crippen molar-refractivity contribution in [3.8, 4) is 11.4 Å². The van der Waals surface area contributed by atoms with Gasteiger partial charge < -0.3 is 9.64 Å². The topological polar surface area (TPSA) is 81.4 Å². The zero-order valence-corrected chi connectivity index (χ0v) is 13.2. The Bertz CT molecular complexity index is 687. The third kappa shape index (κ3) is 3.23. The molecule has 1 aromatic heterocycles. The Balaban J connectivity index is 1.92. The number of ether oxygens (including phenoxy) is 1. The van der Waals surface area contributed by atoms with Gasteiger partial charge in [0, 0.05) is 36.9 Å². The molecule has 8 heteroatoms. The van der Waals surface area contributed by atoms with Crippen LogP contribution in [0, 0.1) is 10.1 Å². The van der Waals surface area contributed by atoms with E-state index in [1.165, 1.54) is 12.1 Å². The highest BCUT2D eigenvalue weighted by molar-refractivity contribution is 9.10. The van der Waals surface area contributed by atoms with Crippen molar-refractivity contribution in [1.82, 2.24) is 9.97 Å². The van der Waals surface area contributed by atoms with Gasteiger partial charge in [-0.3, -0.25) is 10.1 Å². The van der Waals surface area contributed by atoms with E-state index < -0.39 is 4.92 Å². The lowest BCUT2D eigenvalue weighted by Gasteiger charge is -2.28. The van der Waals surface area contributed by atoms with Gasteiger partial charge in [0.15, 0.2) is 5.82 Å². The Hall–Kier alpha value is -2.06. The summed E-state index contributed by atoms with van der Waals surface area (Å²) in [5.41, 5.74) is 0.786. The van der Waals surface area contributed by atoms with Crippen LogP contribution in [0.1, 0.15) is 0 Å². The quantitative estimate of drug-likeness (QED) is 0.473. The average molecular weight is 365 g/mol. The van der Waals surface area contributed by atoms with Gasteiger partial charge in [-0.25, -0.2) is 9.97 Å². The first kappa shape index (κ1) is 14.9. The molecular formula is C14H13BrN4O3. The number of halogens is 1. The molecule has 1 fully saturated rings. The van der Waals surface area contributed by atoms with Crippen LogP contribution in [-0.4, -0.2) is 41.2 Å². The fourth-order valence-corrected chi connectivity index (χ4v) is 2.59. The molecule has 3 rings (SSSR count). The van der Waals surface area contributed by atoms with E-state index in [1.54, 1.807) is 12.1 Å². The molecule has 0 saturated carbocycles. The van der Waals surface area contributed by atoms with Crippen LogP contribution in [0.4, 0.5) is 11.5 Å². The van der Waals surface area contributed by atoms with Crippen LogP contribution in [0.2, 0.25) is 0 Å². The predicted octanol–water partition coefficient (Wildman–Crippen LogP) is 2.65. The normalized spacial score (nSPS) is 14.9. The number of anilines is 1. The lowest BCUT2D eigenvalue weighted by Crippen LogP contribution is -2.36. The van der Waals surface area contributed by atoms with Gasteiger partial charge in [0.05, 0.1) is 18.1 Å². The lowest BCUT2D eigenvalue weighted by molar-refractivity contribution is -0.384. The van der Waals surface area contributed by atoms with Gasteiger partial charge in [0.1, 0.15) is 10.4 Å². The number of nitro groups is 1. The number of aromatic nitrogens is 2. The van der Waals surface area contributed by atoms with Crippen LogP contribution in [0.25, 0.3) is 11.4 Å². The zero-order chi connectivity index (χ0) is 15.5. The van der Waals surface area contributed by atoms with Crippen LogP contribution >= 0.6 is 15.9 Å². The van der Waals surface area contributed by atoms with Gasteiger partial charge in [-0.15, -0.1) is 0 Å². The van der Waals surface area contributed by atoms with E-state index in [0.29, 0.717) is 23.6 Å². The molecular weight excluding hydrogens is 352 g/mol. The van der Waals surface area contributed by atoms with E-state index in [2.05, 4.69) is 30.8 Å². The smallest absolute Gasteiger partial charge is 0.269 e. The van der Waals surface area contributed by atoms with E-state index in [1.807, 2.05) is 6.07 Å². The van der Waals surface area contributed by atoms with Crippen molar-refractivity contribution in [2.75, 3.05) is 31.2 Å². The average Bonchev–Trinajstić information content (AvgIpc) is 2.55. The molecule has 2 heterocycles. The summed E-state index contributed by atoms with van der Waals surface area (Å²) < 4.78 is 6.02. The van der Waals surface area contributed by atoms with Crippen molar-refractivity contribution in [1.29, 1.82) is 0 Å². The van der Waals surface area contributed by atoms with Crippen molar-refractivity contribution in [2.45, 2.75) is 0 Å². The lowest BCUT2D eigenvalue weighted by atomic mass is 10.2. The number of hydrogen-bond donors (Lipinski definition) is 0. The minimum Gasteiger partial charge on any atom is -0.378 e. The third-order valence-electron chi connectivity index (χ3n) is 3.35. The standard InChI is InChI=1S/C14H13BrN4O3/c15-12-9-13(18-5-7-22-8-6-18)17-14(16-12)10-1-3-11(4-2-10)19(20)21/h1-4,9H,5-8H2. The summed E-state index contributed by atoms with van der Waals surface area (Å²) in [7, 11) is 0. The van der Waals surface area contributed by atoms with Gasteiger partial charge >= 0.3 is 0 Å². The Morgan fingerprint density at radius 2 is 1.86 bits per heavy atom. The molecule has 0 N–H and O–H groups in total. The van der Waals surface area contributed by atoms with E-state index >= 15 is 0 Å². The van der Waals surface area contributed by atoms with Gasteiger partial charge in [0.25, 0.3) is 5.69 Å². The number of rotatable bonds is 3. The largest absolute Gasteiger partial charge is 0.378 e. The van der Waals surface area contributed by atoms with Crippen molar-refractivity contribution in [3.63, 3.8) is 0 Å². The SMILES string of the molecule is O=[N+]([O-])c1ccc(-c2nc(Br)cc(N3CCOCC3)n2)cc1. The molecule has 1 aromatic carbocycles. The molecule has 0 radical (unpaired) electrons. The molecule has 114 valence electrons. The molecule has 0 unspecified atom stereocenters. The molecule has 0 atom stereocenters. The van der Waals surface area contributed by atoms with Crippen LogP contribution in [0.5, 0.6) is 0 Å². The van der Waals surface area contributed by atoms with Gasteiger partial charge in [0.2, 0.25) is 0 Å². The number of non-ortho nitro benzene ring substituents is 1. The van der Waals surface area contributed by atoms with Crippen molar-refractivity contribution < 1.29 is 9.66 Å². The van der Waals surface area contributed by atoms with E-state index in [9.17, 15) is 10.1 Å². The zero-order valence-electron chi connectivity index (χ0n) is 11.6. The minimum absolute atomic E-state index is 0.0483. The summed E-state index contributed by atoms with van der Waals surface area (Å²) in [6.07, 6.45) is 0. The first-order valence-corrected chi connectivity index (χ1v) is 7.55. The fourth-order valence-electron chi connectivity index (χ4n) is 2.22. The Morgan fingerprint density at radius 1 is 1.18 bits per heavy atom. The Kier molecular flexibility index (Phi) is 4.30. The maximum atomic E-state index is 10.7. The molecule has 0 amide bonds. The van der Waals surface area contributed by atoms with Crippen molar-refractivity contribution in [3.05, 3.63) is 45.0 Å². The molecule has 1 saturated heterocycles.